The van der Waals surface area contributed by atoms with Gasteiger partial charge in [0.15, 0.2) is 0 Å². The first-order valence-electron chi connectivity index (χ1n) is 5.95. The predicted octanol–water partition coefficient (Wildman–Crippen LogP) is 0.893. The predicted molar refractivity (Wildman–Crippen MR) is 64.9 cm³/mol. The van der Waals surface area contributed by atoms with Gasteiger partial charge in [0.25, 0.3) is 0 Å². The second-order valence-corrected chi connectivity index (χ2v) is 4.36. The van der Waals surface area contributed by atoms with Gasteiger partial charge < -0.3 is 14.7 Å². The number of nitrogens with zero attached hydrogens (tertiary/aromatic N) is 3. The number of aromatic nitrogens is 2. The lowest BCUT2D eigenvalue weighted by atomic mass is 10.1. The molecule has 0 aromatic carbocycles. The van der Waals surface area contributed by atoms with Gasteiger partial charge in [-0.1, -0.05) is 0 Å². The summed E-state index contributed by atoms with van der Waals surface area (Å²) in [4.78, 5) is 10.9. The van der Waals surface area contributed by atoms with Gasteiger partial charge in [-0.2, -0.15) is 0 Å². The van der Waals surface area contributed by atoms with Gasteiger partial charge in [-0.15, -0.1) is 0 Å². The fourth-order valence-electron chi connectivity index (χ4n) is 2.08. The Balaban J connectivity index is 2.06. The summed E-state index contributed by atoms with van der Waals surface area (Å²) in [5, 5.41) is 9.08. The van der Waals surface area contributed by atoms with Crippen LogP contribution >= 0.6 is 0 Å². The van der Waals surface area contributed by atoms with Gasteiger partial charge in [0.05, 0.1) is 12.7 Å². The first-order chi connectivity index (χ1) is 8.24. The summed E-state index contributed by atoms with van der Waals surface area (Å²) < 4.78 is 5.34. The standard InChI is InChI=1S/C12H19N3O2/c1-9-10(8-16)7-13-12(14-9)15-5-3-11(17-2)4-6-15/h7,11,16H,3-6,8H2,1-2H3. The molecule has 0 unspecified atom stereocenters. The molecule has 0 spiro atoms. The molecule has 5 nitrogen and oxygen atoms in total. The van der Waals surface area contributed by atoms with Crippen molar-refractivity contribution in [1.29, 1.82) is 0 Å². The number of aliphatic hydroxyl groups excluding tert-OH is 1. The molecule has 2 rings (SSSR count). The molecule has 0 bridgehead atoms. The van der Waals surface area contributed by atoms with Gasteiger partial charge in [0.1, 0.15) is 0 Å². The zero-order chi connectivity index (χ0) is 12.3. The second-order valence-electron chi connectivity index (χ2n) is 4.36. The number of anilines is 1. The molecule has 1 aliphatic rings. The minimum atomic E-state index is -0.00212. The maximum atomic E-state index is 9.08. The van der Waals surface area contributed by atoms with Crippen LogP contribution in [0.1, 0.15) is 24.1 Å². The number of aliphatic hydroxyl groups is 1. The lowest BCUT2D eigenvalue weighted by molar-refractivity contribution is 0.0816. The van der Waals surface area contributed by atoms with E-state index in [9.17, 15) is 0 Å². The van der Waals surface area contributed by atoms with E-state index in [1.54, 1.807) is 13.3 Å². The lowest BCUT2D eigenvalue weighted by Gasteiger charge is -2.31. The first-order valence-corrected chi connectivity index (χ1v) is 5.95. The van der Waals surface area contributed by atoms with Crippen molar-refractivity contribution in [2.45, 2.75) is 32.5 Å². The highest BCUT2D eigenvalue weighted by Crippen LogP contribution is 2.18. The highest BCUT2D eigenvalue weighted by Gasteiger charge is 2.20. The van der Waals surface area contributed by atoms with Gasteiger partial charge in [0, 0.05) is 37.7 Å². The van der Waals surface area contributed by atoms with Crippen LogP contribution in [0.15, 0.2) is 6.20 Å². The van der Waals surface area contributed by atoms with Crippen LogP contribution in [0, 0.1) is 6.92 Å². The maximum absolute atomic E-state index is 9.08. The molecule has 1 saturated heterocycles. The van der Waals surface area contributed by atoms with E-state index in [2.05, 4.69) is 14.9 Å². The topological polar surface area (TPSA) is 58.5 Å². The molecule has 0 saturated carbocycles. The third-order valence-electron chi connectivity index (χ3n) is 3.30. The molecule has 1 aromatic rings. The van der Waals surface area contributed by atoms with Crippen LogP contribution in [0.5, 0.6) is 0 Å². The Morgan fingerprint density at radius 1 is 1.47 bits per heavy atom. The number of hydrogen-bond donors (Lipinski definition) is 1. The Hall–Kier alpha value is -1.20. The van der Waals surface area contributed by atoms with E-state index in [0.717, 1.165) is 43.1 Å². The number of hydrogen-bond acceptors (Lipinski definition) is 5. The van der Waals surface area contributed by atoms with E-state index in [0.29, 0.717) is 6.10 Å². The van der Waals surface area contributed by atoms with Crippen molar-refractivity contribution in [2.75, 3.05) is 25.1 Å². The monoisotopic (exact) mass is 237 g/mol. The number of rotatable bonds is 3. The minimum Gasteiger partial charge on any atom is -0.392 e. The molecule has 0 aliphatic carbocycles. The zero-order valence-electron chi connectivity index (χ0n) is 10.4. The zero-order valence-corrected chi connectivity index (χ0v) is 10.4. The Kier molecular flexibility index (Phi) is 3.91. The van der Waals surface area contributed by atoms with Gasteiger partial charge in [0.2, 0.25) is 5.95 Å². The summed E-state index contributed by atoms with van der Waals surface area (Å²) in [6, 6.07) is 0. The molecule has 1 fully saturated rings. The average molecular weight is 237 g/mol. The molecule has 0 amide bonds. The minimum absolute atomic E-state index is 0.00212. The van der Waals surface area contributed by atoms with Crippen LogP contribution in [0.2, 0.25) is 0 Å². The molecular formula is C12H19N3O2. The molecule has 0 atom stereocenters. The first kappa shape index (κ1) is 12.3. The quantitative estimate of drug-likeness (QED) is 0.846. The van der Waals surface area contributed by atoms with E-state index >= 15 is 0 Å². The number of piperidine rings is 1. The summed E-state index contributed by atoms with van der Waals surface area (Å²) in [6.07, 6.45) is 4.10. The summed E-state index contributed by atoms with van der Waals surface area (Å²) in [5.41, 5.74) is 1.65. The molecule has 2 heterocycles. The van der Waals surface area contributed by atoms with Gasteiger partial charge in [-0.25, -0.2) is 9.97 Å². The van der Waals surface area contributed by atoms with Crippen LogP contribution in [0.25, 0.3) is 0 Å². The molecule has 94 valence electrons. The Labute approximate surface area is 101 Å². The molecule has 1 N–H and O–H groups in total. The lowest BCUT2D eigenvalue weighted by Crippen LogP contribution is -2.37. The van der Waals surface area contributed by atoms with Crippen LogP contribution < -0.4 is 4.90 Å². The summed E-state index contributed by atoms with van der Waals surface area (Å²) in [5.74, 6) is 0.759. The van der Waals surface area contributed by atoms with Crippen LogP contribution in [-0.2, 0) is 11.3 Å². The highest BCUT2D eigenvalue weighted by molar-refractivity contribution is 5.33. The summed E-state index contributed by atoms with van der Waals surface area (Å²) >= 11 is 0. The molecule has 5 heteroatoms. The Bertz CT molecular complexity index is 376. The Morgan fingerprint density at radius 3 is 2.71 bits per heavy atom. The molecule has 0 radical (unpaired) electrons. The normalized spacial score (nSPS) is 17.5. The van der Waals surface area contributed by atoms with Crippen molar-refractivity contribution >= 4 is 5.95 Å². The van der Waals surface area contributed by atoms with E-state index in [1.165, 1.54) is 0 Å². The van der Waals surface area contributed by atoms with Gasteiger partial charge >= 0.3 is 0 Å². The van der Waals surface area contributed by atoms with Crippen molar-refractivity contribution in [2.24, 2.45) is 0 Å². The van der Waals surface area contributed by atoms with Crippen molar-refractivity contribution < 1.29 is 9.84 Å². The highest BCUT2D eigenvalue weighted by atomic mass is 16.5. The van der Waals surface area contributed by atoms with Gasteiger partial charge in [-0.05, 0) is 19.8 Å². The van der Waals surface area contributed by atoms with Crippen molar-refractivity contribution in [3.63, 3.8) is 0 Å². The third-order valence-corrected chi connectivity index (χ3v) is 3.30. The maximum Gasteiger partial charge on any atom is 0.225 e. The second kappa shape index (κ2) is 5.42. The molecule has 1 aliphatic heterocycles. The van der Waals surface area contributed by atoms with Crippen LogP contribution in [0.4, 0.5) is 5.95 Å². The fraction of sp³-hybridized carbons (Fsp3) is 0.667. The molecule has 1 aromatic heterocycles. The van der Waals surface area contributed by atoms with E-state index in [1.807, 2.05) is 6.92 Å². The largest absolute Gasteiger partial charge is 0.392 e. The van der Waals surface area contributed by atoms with Crippen molar-refractivity contribution in [3.8, 4) is 0 Å². The van der Waals surface area contributed by atoms with E-state index in [4.69, 9.17) is 9.84 Å². The fourth-order valence-corrected chi connectivity index (χ4v) is 2.08. The summed E-state index contributed by atoms with van der Waals surface area (Å²) in [6.45, 7) is 3.75. The number of ether oxygens (including phenoxy) is 1. The van der Waals surface area contributed by atoms with Crippen LogP contribution in [0.3, 0.4) is 0 Å². The van der Waals surface area contributed by atoms with E-state index < -0.39 is 0 Å². The summed E-state index contributed by atoms with van der Waals surface area (Å²) in [7, 11) is 1.76. The van der Waals surface area contributed by atoms with Crippen molar-refractivity contribution in [3.05, 3.63) is 17.5 Å². The third kappa shape index (κ3) is 2.73. The van der Waals surface area contributed by atoms with Gasteiger partial charge in [-0.3, -0.25) is 0 Å². The van der Waals surface area contributed by atoms with E-state index in [-0.39, 0.29) is 6.61 Å². The number of methoxy groups -OCH3 is 1. The number of aryl methyl sites for hydroxylation is 1. The smallest absolute Gasteiger partial charge is 0.225 e. The van der Waals surface area contributed by atoms with Crippen molar-refractivity contribution in [1.82, 2.24) is 9.97 Å². The Morgan fingerprint density at radius 2 is 2.18 bits per heavy atom. The van der Waals surface area contributed by atoms with Crippen LogP contribution in [-0.4, -0.2) is 41.4 Å². The average Bonchev–Trinajstić information content (AvgIpc) is 2.39. The molecule has 17 heavy (non-hydrogen) atoms. The SMILES string of the molecule is COC1CCN(c2ncc(CO)c(C)n2)CC1. The molecular weight excluding hydrogens is 218 g/mol.